The summed E-state index contributed by atoms with van der Waals surface area (Å²) >= 11 is 0. The van der Waals surface area contributed by atoms with Crippen molar-refractivity contribution in [2.45, 2.75) is 11.9 Å². The summed E-state index contributed by atoms with van der Waals surface area (Å²) in [6.45, 7) is -0.262. The second-order valence-corrected chi connectivity index (χ2v) is 8.86. The largest absolute Gasteiger partial charge is 0.476 e. The van der Waals surface area contributed by atoms with Crippen molar-refractivity contribution in [1.82, 2.24) is 0 Å². The van der Waals surface area contributed by atoms with E-state index in [0.29, 0.717) is 11.3 Å². The van der Waals surface area contributed by atoms with Crippen molar-refractivity contribution in [3.63, 3.8) is 0 Å². The highest BCUT2D eigenvalue weighted by atomic mass is 32.2. The molecule has 1 heterocycles. The van der Waals surface area contributed by atoms with Crippen molar-refractivity contribution in [1.29, 1.82) is 0 Å². The molecule has 0 aliphatic carbocycles. The highest BCUT2D eigenvalue weighted by Crippen LogP contribution is 2.36. The minimum absolute atomic E-state index is 0.0325. The van der Waals surface area contributed by atoms with Gasteiger partial charge in [0.15, 0.2) is 17.7 Å². The predicted octanol–water partition coefficient (Wildman–Crippen LogP) is 3.70. The van der Waals surface area contributed by atoms with Crippen molar-refractivity contribution in [2.24, 2.45) is 0 Å². The number of carbonyl (C=O) groups excluding carboxylic acids is 1. The van der Waals surface area contributed by atoms with E-state index in [1.54, 1.807) is 54.6 Å². The Morgan fingerprint density at radius 3 is 2.45 bits per heavy atom. The van der Waals surface area contributed by atoms with Gasteiger partial charge in [-0.2, -0.15) is 0 Å². The van der Waals surface area contributed by atoms with E-state index in [2.05, 4.69) is 5.32 Å². The van der Waals surface area contributed by atoms with Gasteiger partial charge in [-0.05, 0) is 29.8 Å². The molecule has 1 amide bonds. The third kappa shape index (κ3) is 4.51. The maximum absolute atomic E-state index is 13.4. The first-order chi connectivity index (χ1) is 14.8. The van der Waals surface area contributed by atoms with Gasteiger partial charge in [0.2, 0.25) is 10.0 Å². The summed E-state index contributed by atoms with van der Waals surface area (Å²) in [5, 5.41) is 2.44. The molecule has 1 aliphatic heterocycles. The van der Waals surface area contributed by atoms with Gasteiger partial charge in [0, 0.05) is 11.8 Å². The van der Waals surface area contributed by atoms with Crippen molar-refractivity contribution in [2.75, 3.05) is 16.2 Å². The minimum Gasteiger partial charge on any atom is -0.476 e. The number of rotatable bonds is 5. The zero-order chi connectivity index (χ0) is 22.0. The molecule has 0 unspecified atom stereocenters. The van der Waals surface area contributed by atoms with Crippen LogP contribution in [0, 0.1) is 11.6 Å². The smallest absolute Gasteiger partial charge is 0.267 e. The van der Waals surface area contributed by atoms with E-state index in [1.165, 1.54) is 6.07 Å². The van der Waals surface area contributed by atoms with Gasteiger partial charge < -0.3 is 10.1 Å². The number of sulfonamides is 1. The molecular formula is C22H18F2N2O4S. The van der Waals surface area contributed by atoms with E-state index < -0.39 is 33.7 Å². The molecular weight excluding hydrogens is 426 g/mol. The van der Waals surface area contributed by atoms with Crippen molar-refractivity contribution in [3.8, 4) is 5.75 Å². The summed E-state index contributed by atoms with van der Waals surface area (Å²) in [6.07, 6.45) is -1.19. The fourth-order valence-corrected chi connectivity index (χ4v) is 4.84. The van der Waals surface area contributed by atoms with Gasteiger partial charge in [-0.1, -0.05) is 42.5 Å². The van der Waals surface area contributed by atoms with Crippen molar-refractivity contribution in [3.05, 3.63) is 90.0 Å². The normalized spacial score (nSPS) is 15.7. The molecule has 31 heavy (non-hydrogen) atoms. The highest BCUT2D eigenvalue weighted by molar-refractivity contribution is 7.92. The van der Waals surface area contributed by atoms with E-state index >= 15 is 0 Å². The quantitative estimate of drug-likeness (QED) is 0.651. The molecule has 0 fully saturated rings. The number of halogens is 2. The lowest BCUT2D eigenvalue weighted by molar-refractivity contribution is -0.122. The Morgan fingerprint density at radius 1 is 1.00 bits per heavy atom. The second kappa shape index (κ2) is 8.35. The Hall–Kier alpha value is -3.46. The Bertz CT molecular complexity index is 1220. The molecule has 0 bridgehead atoms. The number of nitrogens with zero attached hydrogens (tertiary/aromatic N) is 1. The van der Waals surface area contributed by atoms with Crippen LogP contribution in [0.1, 0.15) is 5.56 Å². The molecule has 3 aromatic carbocycles. The zero-order valence-electron chi connectivity index (χ0n) is 16.2. The molecule has 9 heteroatoms. The summed E-state index contributed by atoms with van der Waals surface area (Å²) in [7, 11) is -3.84. The Kier molecular flexibility index (Phi) is 5.60. The molecule has 4 rings (SSSR count). The second-order valence-electron chi connectivity index (χ2n) is 6.97. The lowest BCUT2D eigenvalue weighted by atomic mass is 10.2. The Morgan fingerprint density at radius 2 is 1.71 bits per heavy atom. The number of anilines is 2. The number of hydrogen-bond acceptors (Lipinski definition) is 4. The Balaban J connectivity index is 1.60. The molecule has 1 N–H and O–H groups in total. The first-order valence-electron chi connectivity index (χ1n) is 9.39. The third-order valence-electron chi connectivity index (χ3n) is 4.74. The number of ether oxygens (including phenoxy) is 1. The molecule has 1 atom stereocenters. The van der Waals surface area contributed by atoms with E-state index in [1.807, 2.05) is 0 Å². The fourth-order valence-electron chi connectivity index (χ4n) is 3.26. The lowest BCUT2D eigenvalue weighted by Crippen LogP contribution is -2.49. The van der Waals surface area contributed by atoms with Gasteiger partial charge in [0.05, 0.1) is 18.0 Å². The number of nitrogens with one attached hydrogen (secondary N) is 1. The third-order valence-corrected chi connectivity index (χ3v) is 6.46. The van der Waals surface area contributed by atoms with Crippen LogP contribution in [0.2, 0.25) is 0 Å². The average Bonchev–Trinajstić information content (AvgIpc) is 2.76. The summed E-state index contributed by atoms with van der Waals surface area (Å²) in [6, 6.07) is 18.1. The summed E-state index contributed by atoms with van der Waals surface area (Å²) in [4.78, 5) is 12.7. The number of benzene rings is 3. The van der Waals surface area contributed by atoms with E-state index in [0.717, 1.165) is 16.4 Å². The maximum atomic E-state index is 13.4. The predicted molar refractivity (Wildman–Crippen MR) is 112 cm³/mol. The lowest BCUT2D eigenvalue weighted by Gasteiger charge is -2.34. The molecule has 0 saturated heterocycles. The molecule has 0 aromatic heterocycles. The molecule has 3 aromatic rings. The van der Waals surface area contributed by atoms with Gasteiger partial charge in [-0.15, -0.1) is 0 Å². The van der Waals surface area contributed by atoms with Gasteiger partial charge in [0.1, 0.15) is 5.75 Å². The van der Waals surface area contributed by atoms with Crippen LogP contribution >= 0.6 is 0 Å². The standard InChI is InChI=1S/C22H18F2N2O4S/c23-17-11-10-16(12-18(17)24)25-22(27)21-13-26(19-8-4-5-9-20(19)30-21)31(28,29)14-15-6-2-1-3-7-15/h1-12,21H,13-14H2,(H,25,27)/t21-/m0/s1. The van der Waals surface area contributed by atoms with Crippen molar-refractivity contribution >= 4 is 27.3 Å². The first kappa shape index (κ1) is 20.8. The van der Waals surface area contributed by atoms with Crippen LogP contribution in [0.3, 0.4) is 0 Å². The Labute approximate surface area is 178 Å². The number of hydrogen-bond donors (Lipinski definition) is 1. The average molecular weight is 444 g/mol. The fraction of sp³-hybridized carbons (Fsp3) is 0.136. The zero-order valence-corrected chi connectivity index (χ0v) is 17.0. The van der Waals surface area contributed by atoms with Crippen molar-refractivity contribution < 1.29 is 26.7 Å². The van der Waals surface area contributed by atoms with Crippen LogP contribution in [-0.2, 0) is 20.6 Å². The van der Waals surface area contributed by atoms with Crippen LogP contribution in [0.15, 0.2) is 72.8 Å². The van der Waals surface area contributed by atoms with E-state index in [-0.39, 0.29) is 23.7 Å². The molecule has 0 saturated carbocycles. The molecule has 0 radical (unpaired) electrons. The van der Waals surface area contributed by atoms with Crippen LogP contribution in [0.5, 0.6) is 5.75 Å². The summed E-state index contributed by atoms with van der Waals surface area (Å²) < 4.78 is 59.8. The number of carbonyl (C=O) groups is 1. The number of para-hydroxylation sites is 2. The van der Waals surface area contributed by atoms with Gasteiger partial charge in [-0.3, -0.25) is 9.10 Å². The highest BCUT2D eigenvalue weighted by Gasteiger charge is 2.36. The van der Waals surface area contributed by atoms with Gasteiger partial charge in [-0.25, -0.2) is 17.2 Å². The molecule has 1 aliphatic rings. The SMILES string of the molecule is O=C(Nc1ccc(F)c(F)c1)[C@@H]1CN(S(=O)(=O)Cc2ccccc2)c2ccccc2O1. The topological polar surface area (TPSA) is 75.7 Å². The van der Waals surface area contributed by atoms with Gasteiger partial charge in [0.25, 0.3) is 5.91 Å². The number of amides is 1. The van der Waals surface area contributed by atoms with Crippen LogP contribution in [0.25, 0.3) is 0 Å². The van der Waals surface area contributed by atoms with Crippen LogP contribution < -0.4 is 14.4 Å². The number of fused-ring (bicyclic) bond motifs is 1. The minimum atomic E-state index is -3.84. The molecule has 0 spiro atoms. The first-order valence-corrected chi connectivity index (χ1v) is 11.0. The molecule has 6 nitrogen and oxygen atoms in total. The summed E-state index contributed by atoms with van der Waals surface area (Å²) in [5.41, 5.74) is 0.967. The maximum Gasteiger partial charge on any atom is 0.267 e. The summed E-state index contributed by atoms with van der Waals surface area (Å²) in [5.74, 6) is -2.85. The van der Waals surface area contributed by atoms with E-state index in [4.69, 9.17) is 4.74 Å². The van der Waals surface area contributed by atoms with Crippen LogP contribution in [-0.4, -0.2) is 27.0 Å². The molecule has 160 valence electrons. The van der Waals surface area contributed by atoms with Crippen LogP contribution in [0.4, 0.5) is 20.2 Å². The van der Waals surface area contributed by atoms with Gasteiger partial charge >= 0.3 is 0 Å². The van der Waals surface area contributed by atoms with E-state index in [9.17, 15) is 22.0 Å². The monoisotopic (exact) mass is 444 g/mol.